The van der Waals surface area contributed by atoms with Gasteiger partial charge in [-0.25, -0.2) is 0 Å². The summed E-state index contributed by atoms with van der Waals surface area (Å²) in [6.07, 6.45) is 1.45. The Bertz CT molecular complexity index is 903. The number of rotatable bonds is 8. The number of non-ortho nitro benzene ring substituents is 1. The highest BCUT2D eigenvalue weighted by molar-refractivity contribution is 14.1. The molecular weight excluding hydrogens is 471 g/mol. The first-order valence-electron chi connectivity index (χ1n) is 7.59. The van der Waals surface area contributed by atoms with E-state index in [-0.39, 0.29) is 11.4 Å². The highest BCUT2D eigenvalue weighted by Gasteiger charge is 2.19. The lowest BCUT2D eigenvalue weighted by Gasteiger charge is -2.11. The third-order valence-electron chi connectivity index (χ3n) is 3.32. The Kier molecular flexibility index (Phi) is 6.87. The molecule has 0 saturated heterocycles. The number of hydrogen-bond acceptors (Lipinski definition) is 8. The summed E-state index contributed by atoms with van der Waals surface area (Å²) in [4.78, 5) is 20.5. The highest BCUT2D eigenvalue weighted by Crippen LogP contribution is 2.33. The summed E-state index contributed by atoms with van der Waals surface area (Å²) < 4.78 is 11.7. The zero-order valence-electron chi connectivity index (χ0n) is 14.3. The molecule has 0 spiro atoms. The number of hydrogen-bond donors (Lipinski definition) is 1. The number of nitrogens with one attached hydrogen (secondary N) is 1. The zero-order valence-corrected chi connectivity index (χ0v) is 16.5. The third-order valence-corrected chi connectivity index (χ3v) is 4.12. The van der Waals surface area contributed by atoms with Crippen molar-refractivity contribution < 1.29 is 19.3 Å². The standard InChI is InChI=1S/C16H15IN4O6/c1-3-27-15-7-10(6-12(17)16(15)26-2)9-18-19-13-5-4-11(20(22)23)8-14(13)21(24)25/h4-9,19H,3H2,1-2H3/b18-9-. The second kappa shape index (κ2) is 9.12. The molecule has 0 unspecified atom stereocenters. The van der Waals surface area contributed by atoms with Gasteiger partial charge in [0.25, 0.3) is 5.69 Å². The van der Waals surface area contributed by atoms with Crippen molar-refractivity contribution in [3.05, 3.63) is 59.7 Å². The molecule has 0 saturated carbocycles. The first-order chi connectivity index (χ1) is 12.9. The van der Waals surface area contributed by atoms with Gasteiger partial charge >= 0.3 is 5.69 Å². The van der Waals surface area contributed by atoms with Crippen LogP contribution in [0.2, 0.25) is 0 Å². The van der Waals surface area contributed by atoms with Crippen LogP contribution in [0.4, 0.5) is 17.1 Å². The lowest BCUT2D eigenvalue weighted by atomic mass is 10.2. The number of nitrogens with zero attached hydrogens (tertiary/aromatic N) is 3. The first-order valence-corrected chi connectivity index (χ1v) is 8.67. The number of ether oxygens (including phenoxy) is 2. The number of hydrazone groups is 1. The number of anilines is 1. The lowest BCUT2D eigenvalue weighted by Crippen LogP contribution is -2.00. The molecule has 0 atom stereocenters. The normalized spacial score (nSPS) is 10.6. The molecule has 0 heterocycles. The molecular formula is C16H15IN4O6. The molecule has 0 aliphatic heterocycles. The molecule has 1 N–H and O–H groups in total. The summed E-state index contributed by atoms with van der Waals surface area (Å²) in [5, 5.41) is 25.9. The average molecular weight is 486 g/mol. The van der Waals surface area contributed by atoms with Crippen LogP contribution >= 0.6 is 22.6 Å². The number of methoxy groups -OCH3 is 1. The Morgan fingerprint density at radius 3 is 2.56 bits per heavy atom. The lowest BCUT2D eigenvalue weighted by molar-refractivity contribution is -0.393. The van der Waals surface area contributed by atoms with Crippen molar-refractivity contribution in [2.45, 2.75) is 6.92 Å². The average Bonchev–Trinajstić information content (AvgIpc) is 2.61. The van der Waals surface area contributed by atoms with Gasteiger partial charge in [0, 0.05) is 6.07 Å². The van der Waals surface area contributed by atoms with Crippen molar-refractivity contribution in [2.24, 2.45) is 5.10 Å². The van der Waals surface area contributed by atoms with Crippen molar-refractivity contribution in [3.8, 4) is 11.5 Å². The monoisotopic (exact) mass is 486 g/mol. The summed E-state index contributed by atoms with van der Waals surface area (Å²) in [5.74, 6) is 1.16. The summed E-state index contributed by atoms with van der Waals surface area (Å²) >= 11 is 2.10. The molecule has 0 radical (unpaired) electrons. The third kappa shape index (κ3) is 5.03. The van der Waals surface area contributed by atoms with Crippen molar-refractivity contribution in [2.75, 3.05) is 19.1 Å². The van der Waals surface area contributed by atoms with Gasteiger partial charge in [0.15, 0.2) is 11.5 Å². The quantitative estimate of drug-likeness (QED) is 0.259. The highest BCUT2D eigenvalue weighted by atomic mass is 127. The molecule has 0 aliphatic carbocycles. The fourth-order valence-corrected chi connectivity index (χ4v) is 3.02. The Morgan fingerprint density at radius 2 is 1.96 bits per heavy atom. The van der Waals surface area contributed by atoms with E-state index in [0.717, 1.165) is 15.7 Å². The molecule has 0 fully saturated rings. The molecule has 2 aromatic rings. The van der Waals surface area contributed by atoms with E-state index in [0.29, 0.717) is 23.7 Å². The molecule has 142 valence electrons. The SMILES string of the molecule is CCOc1cc(/C=N\Nc2ccc([N+](=O)[O-])cc2[N+](=O)[O-])cc(I)c1OC. The van der Waals surface area contributed by atoms with Gasteiger partial charge in [-0.05, 0) is 53.3 Å². The van der Waals surface area contributed by atoms with Crippen LogP contribution in [0.25, 0.3) is 0 Å². The van der Waals surface area contributed by atoms with Crippen molar-refractivity contribution in [1.82, 2.24) is 0 Å². The smallest absolute Gasteiger partial charge is 0.301 e. The predicted octanol–water partition coefficient (Wildman–Crippen LogP) is 3.96. The van der Waals surface area contributed by atoms with Gasteiger partial charge in [-0.15, -0.1) is 0 Å². The van der Waals surface area contributed by atoms with E-state index in [1.165, 1.54) is 12.3 Å². The van der Waals surface area contributed by atoms with Crippen LogP contribution in [0.5, 0.6) is 11.5 Å². The summed E-state index contributed by atoms with van der Waals surface area (Å²) in [6.45, 7) is 2.31. The maximum absolute atomic E-state index is 11.1. The molecule has 11 heteroatoms. The number of nitro benzene ring substituents is 2. The summed E-state index contributed by atoms with van der Waals surface area (Å²) in [7, 11) is 1.54. The van der Waals surface area contributed by atoms with Gasteiger partial charge in [0.1, 0.15) is 5.69 Å². The van der Waals surface area contributed by atoms with Crippen LogP contribution in [0.1, 0.15) is 12.5 Å². The van der Waals surface area contributed by atoms with Crippen molar-refractivity contribution in [3.63, 3.8) is 0 Å². The van der Waals surface area contributed by atoms with Crippen molar-refractivity contribution >= 4 is 45.9 Å². The van der Waals surface area contributed by atoms with E-state index in [1.54, 1.807) is 19.2 Å². The Labute approximate surface area is 167 Å². The molecule has 0 aromatic heterocycles. The first kappa shape index (κ1) is 20.4. The van der Waals surface area contributed by atoms with Crippen LogP contribution < -0.4 is 14.9 Å². The van der Waals surface area contributed by atoms with Crippen LogP contribution in [-0.2, 0) is 0 Å². The van der Waals surface area contributed by atoms with Gasteiger partial charge in [-0.3, -0.25) is 25.7 Å². The van der Waals surface area contributed by atoms with E-state index >= 15 is 0 Å². The maximum atomic E-state index is 11.1. The van der Waals surface area contributed by atoms with E-state index in [4.69, 9.17) is 9.47 Å². The van der Waals surface area contributed by atoms with E-state index in [9.17, 15) is 20.2 Å². The summed E-state index contributed by atoms with van der Waals surface area (Å²) in [5.41, 5.74) is 2.44. The van der Waals surface area contributed by atoms with Gasteiger partial charge < -0.3 is 9.47 Å². The zero-order chi connectivity index (χ0) is 20.0. The second-order valence-corrected chi connectivity index (χ2v) is 6.21. The van der Waals surface area contributed by atoms with Gasteiger partial charge in [-0.2, -0.15) is 5.10 Å². The van der Waals surface area contributed by atoms with Crippen LogP contribution in [0.3, 0.4) is 0 Å². The number of benzene rings is 2. The molecule has 10 nitrogen and oxygen atoms in total. The molecule has 2 aromatic carbocycles. The molecule has 0 amide bonds. The van der Waals surface area contributed by atoms with E-state index in [2.05, 4.69) is 33.1 Å². The molecule has 0 aliphatic rings. The number of nitro groups is 2. The van der Waals surface area contributed by atoms with E-state index < -0.39 is 15.5 Å². The van der Waals surface area contributed by atoms with E-state index in [1.807, 2.05) is 6.92 Å². The molecule has 0 bridgehead atoms. The van der Waals surface area contributed by atoms with Crippen LogP contribution in [0, 0.1) is 23.8 Å². The van der Waals surface area contributed by atoms with Crippen molar-refractivity contribution in [1.29, 1.82) is 0 Å². The molecule has 2 rings (SSSR count). The minimum absolute atomic E-state index is 0.0371. The van der Waals surface area contributed by atoms with Crippen LogP contribution in [-0.4, -0.2) is 29.8 Å². The fraction of sp³-hybridized carbons (Fsp3) is 0.188. The molecule has 27 heavy (non-hydrogen) atoms. The fourth-order valence-electron chi connectivity index (χ4n) is 2.18. The Hall–Kier alpha value is -2.96. The Morgan fingerprint density at radius 1 is 1.22 bits per heavy atom. The summed E-state index contributed by atoms with van der Waals surface area (Å²) in [6, 6.07) is 6.80. The number of halogens is 1. The van der Waals surface area contributed by atoms with Crippen LogP contribution in [0.15, 0.2) is 35.4 Å². The van der Waals surface area contributed by atoms with Gasteiger partial charge in [-0.1, -0.05) is 0 Å². The topological polar surface area (TPSA) is 129 Å². The predicted molar refractivity (Wildman–Crippen MR) is 108 cm³/mol. The Balaban J connectivity index is 2.27. The van der Waals surface area contributed by atoms with Gasteiger partial charge in [0.05, 0.1) is 39.4 Å². The minimum atomic E-state index is -0.714. The minimum Gasteiger partial charge on any atom is -0.492 e. The largest absolute Gasteiger partial charge is 0.492 e. The second-order valence-electron chi connectivity index (χ2n) is 5.05. The van der Waals surface area contributed by atoms with Gasteiger partial charge in [0.2, 0.25) is 0 Å². The maximum Gasteiger partial charge on any atom is 0.301 e.